The highest BCUT2D eigenvalue weighted by Crippen LogP contribution is 2.15. The van der Waals surface area contributed by atoms with Crippen molar-refractivity contribution in [3.63, 3.8) is 0 Å². The Morgan fingerprint density at radius 1 is 1.43 bits per heavy atom. The van der Waals surface area contributed by atoms with Gasteiger partial charge in [0.25, 0.3) is 0 Å². The third kappa shape index (κ3) is 2.85. The van der Waals surface area contributed by atoms with E-state index in [4.69, 9.17) is 4.42 Å². The average Bonchev–Trinajstić information content (AvgIpc) is 2.20. The molecule has 0 spiro atoms. The molecule has 0 saturated heterocycles. The van der Waals surface area contributed by atoms with Crippen LogP contribution in [-0.2, 0) is 0 Å². The molecule has 2 aromatic heterocycles. The second-order valence-corrected chi connectivity index (χ2v) is 4.08. The smallest absolute Gasteiger partial charge is 0.343 e. The van der Waals surface area contributed by atoms with E-state index in [9.17, 15) is 4.79 Å². The summed E-state index contributed by atoms with van der Waals surface area (Å²) in [5, 5.41) is 0.638. The van der Waals surface area contributed by atoms with Crippen LogP contribution in [-0.4, -0.2) is 0 Å². The molecule has 0 aliphatic carbocycles. The summed E-state index contributed by atoms with van der Waals surface area (Å²) in [6, 6.07) is 5.39. The number of benzene rings is 1. The molecule has 1 aromatic carbocycles. The summed E-state index contributed by atoms with van der Waals surface area (Å²) in [6.45, 7) is 1.81. The second-order valence-electron chi connectivity index (χ2n) is 2.38. The maximum Gasteiger partial charge on any atom is 0.343 e. The second kappa shape index (κ2) is 5.56. The van der Waals surface area contributed by atoms with Crippen LogP contribution in [0.4, 0.5) is 0 Å². The van der Waals surface area contributed by atoms with Crippen molar-refractivity contribution in [1.29, 1.82) is 0 Å². The molecule has 72 valence electrons. The zero-order valence-electron chi connectivity index (χ0n) is 7.30. The van der Waals surface area contributed by atoms with Gasteiger partial charge in [0, 0.05) is 22.6 Å². The van der Waals surface area contributed by atoms with E-state index < -0.39 is 0 Å². The van der Waals surface area contributed by atoms with Gasteiger partial charge in [0.2, 0.25) is 0 Å². The normalized spacial score (nSPS) is 8.79. The van der Waals surface area contributed by atoms with Gasteiger partial charge in [0.1, 0.15) is 5.58 Å². The maximum absolute atomic E-state index is 10.8. The lowest BCUT2D eigenvalue weighted by Gasteiger charge is -1.96. The molecule has 0 aliphatic rings. The molecule has 3 rings (SSSR count). The van der Waals surface area contributed by atoms with Gasteiger partial charge in [-0.3, -0.25) is 0 Å². The first-order valence-electron chi connectivity index (χ1n) is 3.73. The first-order chi connectivity index (χ1) is 6.69. The third-order valence-corrected chi connectivity index (χ3v) is 2.85. The molecule has 2 bridgehead atoms. The van der Waals surface area contributed by atoms with Crippen molar-refractivity contribution in [3.05, 3.63) is 32.2 Å². The van der Waals surface area contributed by atoms with E-state index in [1.807, 2.05) is 35.6 Å². The molecule has 0 unspecified atom stereocenters. The molecular weight excluding hydrogens is 406 g/mol. The summed E-state index contributed by atoms with van der Waals surface area (Å²) in [6.07, 6.45) is 0. The van der Waals surface area contributed by atoms with Crippen LogP contribution >= 0.6 is 45.2 Å². The zero-order chi connectivity index (χ0) is 10.6. The summed E-state index contributed by atoms with van der Waals surface area (Å²) in [5.41, 5.74) is 0.429. The number of rotatable bonds is 0. The molecule has 4 heteroatoms. The summed E-state index contributed by atoms with van der Waals surface area (Å²) >= 11 is 4.12. The van der Waals surface area contributed by atoms with Gasteiger partial charge in [0.05, 0.1) is 8.96 Å². The van der Waals surface area contributed by atoms with Crippen molar-refractivity contribution in [2.24, 2.45) is 0 Å². The Labute approximate surface area is 109 Å². The molecule has 0 fully saturated rings. The monoisotopic (exact) mass is 412 g/mol. The summed E-state index contributed by atoms with van der Waals surface area (Å²) in [7, 11) is 0. The van der Waals surface area contributed by atoms with Crippen molar-refractivity contribution < 1.29 is 4.42 Å². The van der Waals surface area contributed by atoms with E-state index in [-0.39, 0.29) is 5.63 Å². The highest BCUT2D eigenvalue weighted by Gasteiger charge is 2.02. The number of halogens is 2. The summed E-state index contributed by atoms with van der Waals surface area (Å²) < 4.78 is 8.52. The van der Waals surface area contributed by atoms with Crippen molar-refractivity contribution in [3.8, 4) is 9.85 Å². The topological polar surface area (TPSA) is 30.2 Å². The first-order valence-corrected chi connectivity index (χ1v) is 5.89. The van der Waals surface area contributed by atoms with Gasteiger partial charge < -0.3 is 4.42 Å². The fourth-order valence-electron chi connectivity index (χ4n) is 0.869. The average molecular weight is 412 g/mol. The fraction of sp³-hybridized carbons (Fsp3) is 0.100. The van der Waals surface area contributed by atoms with Gasteiger partial charge >= 0.3 is 5.63 Å². The predicted molar refractivity (Wildman–Crippen MR) is 73.9 cm³/mol. The lowest BCUT2D eigenvalue weighted by atomic mass is 10.2. The predicted octanol–water partition coefficient (Wildman–Crippen LogP) is 3.24. The van der Waals surface area contributed by atoms with E-state index in [0.29, 0.717) is 11.0 Å². The zero-order valence-corrected chi connectivity index (χ0v) is 11.6. The molecule has 0 N–H and O–H groups in total. The molecule has 2 heterocycles. The maximum atomic E-state index is 10.8. The summed E-state index contributed by atoms with van der Waals surface area (Å²) in [5.74, 6) is 2.67. The molecule has 14 heavy (non-hydrogen) atoms. The standard InChI is InChI=1S/C7H3IO2.C3H3I/c8-5-3-4-1-2-6(5)10-7(4)9;1-2-3-4/h1-3H;1H3. The lowest BCUT2D eigenvalue weighted by Crippen LogP contribution is -2.00. The van der Waals surface area contributed by atoms with Crippen molar-refractivity contribution in [2.45, 2.75) is 6.92 Å². The first kappa shape index (κ1) is 11.8. The van der Waals surface area contributed by atoms with Crippen molar-refractivity contribution in [1.82, 2.24) is 0 Å². The van der Waals surface area contributed by atoms with Crippen LogP contribution in [0.25, 0.3) is 11.0 Å². The van der Waals surface area contributed by atoms with E-state index >= 15 is 0 Å². The third-order valence-electron chi connectivity index (χ3n) is 1.46. The fourth-order valence-corrected chi connectivity index (χ4v) is 1.49. The molecule has 0 aliphatic heterocycles. The summed E-state index contributed by atoms with van der Waals surface area (Å²) in [4.78, 5) is 10.8. The van der Waals surface area contributed by atoms with Gasteiger partial charge in [-0.05, 0) is 51.6 Å². The molecule has 0 radical (unpaired) electrons. The number of hydrogen-bond donors (Lipinski definition) is 0. The van der Waals surface area contributed by atoms with Gasteiger partial charge in [-0.2, -0.15) is 0 Å². The largest absolute Gasteiger partial charge is 0.422 e. The van der Waals surface area contributed by atoms with Gasteiger partial charge in [-0.1, -0.05) is 5.92 Å². The minimum absolute atomic E-state index is 0.238. The lowest BCUT2D eigenvalue weighted by molar-refractivity contribution is 0.559. The van der Waals surface area contributed by atoms with Crippen molar-refractivity contribution in [2.75, 3.05) is 0 Å². The Balaban J connectivity index is 0.000000213. The van der Waals surface area contributed by atoms with E-state index in [0.717, 1.165) is 3.57 Å². The van der Waals surface area contributed by atoms with Crippen LogP contribution in [0.15, 0.2) is 27.4 Å². The van der Waals surface area contributed by atoms with Crippen LogP contribution in [0, 0.1) is 13.4 Å². The van der Waals surface area contributed by atoms with Crippen molar-refractivity contribution >= 4 is 56.2 Å². The number of fused-ring (bicyclic) bond motifs is 3. The minimum atomic E-state index is -0.238. The SMILES string of the molecule is CC#CI.O=c1oc2ccc1cc2I. The van der Waals surface area contributed by atoms with Gasteiger partial charge in [0.15, 0.2) is 0 Å². The Morgan fingerprint density at radius 2 is 2.07 bits per heavy atom. The van der Waals surface area contributed by atoms with Gasteiger partial charge in [-0.15, -0.1) is 0 Å². The Bertz CT molecular complexity index is 513. The molecular formula is C10H6I2O2. The van der Waals surface area contributed by atoms with Gasteiger partial charge in [-0.25, -0.2) is 4.79 Å². The Kier molecular flexibility index (Phi) is 4.68. The molecule has 0 atom stereocenters. The number of hydrogen-bond acceptors (Lipinski definition) is 2. The highest BCUT2D eigenvalue weighted by atomic mass is 127. The van der Waals surface area contributed by atoms with E-state index in [1.54, 1.807) is 12.1 Å². The van der Waals surface area contributed by atoms with E-state index in [2.05, 4.69) is 32.4 Å². The molecule has 2 nitrogen and oxygen atoms in total. The van der Waals surface area contributed by atoms with Crippen LogP contribution < -0.4 is 5.63 Å². The molecule has 3 aromatic rings. The Hall–Kier alpha value is -0.290. The van der Waals surface area contributed by atoms with Crippen LogP contribution in [0.1, 0.15) is 6.92 Å². The van der Waals surface area contributed by atoms with E-state index in [1.165, 1.54) is 0 Å². The van der Waals surface area contributed by atoms with Crippen LogP contribution in [0.3, 0.4) is 0 Å². The highest BCUT2D eigenvalue weighted by molar-refractivity contribution is 14.1. The van der Waals surface area contributed by atoms with Crippen LogP contribution in [0.5, 0.6) is 0 Å². The quantitative estimate of drug-likeness (QED) is 0.492. The molecule has 0 amide bonds. The Morgan fingerprint density at radius 3 is 2.29 bits per heavy atom. The molecule has 0 saturated carbocycles. The minimum Gasteiger partial charge on any atom is -0.422 e. The van der Waals surface area contributed by atoms with Crippen LogP contribution in [0.2, 0.25) is 0 Å².